The molecule has 1 amide bonds. The Morgan fingerprint density at radius 2 is 1.55 bits per heavy atom. The molecule has 0 fully saturated rings. The first-order valence-electron chi connectivity index (χ1n) is 5.61. The average molecular weight is 292 g/mol. The fraction of sp³-hybridized carbons (Fsp3) is 0.600. The topological polar surface area (TPSA) is 164 Å². The second kappa shape index (κ2) is 8.69. The first-order chi connectivity index (χ1) is 9.23. The normalized spacial score (nSPS) is 11.6. The number of nitrogens with one attached hydrogen (secondary N) is 1. The summed E-state index contributed by atoms with van der Waals surface area (Å²) in [6, 6.07) is -1.33. The van der Waals surface area contributed by atoms with E-state index >= 15 is 0 Å². The minimum Gasteiger partial charge on any atom is -0.481 e. The van der Waals surface area contributed by atoms with Gasteiger partial charge in [0.1, 0.15) is 6.04 Å². The van der Waals surface area contributed by atoms with E-state index in [4.69, 9.17) is 20.4 Å². The van der Waals surface area contributed by atoms with Gasteiger partial charge in [0.2, 0.25) is 0 Å². The highest BCUT2D eigenvalue weighted by atomic mass is 16.4. The van der Waals surface area contributed by atoms with Crippen LogP contribution in [0.5, 0.6) is 0 Å². The molecule has 114 valence electrons. The summed E-state index contributed by atoms with van der Waals surface area (Å²) in [5, 5.41) is 36.9. The van der Waals surface area contributed by atoms with Crippen molar-refractivity contribution in [2.45, 2.75) is 18.9 Å². The highest BCUT2D eigenvalue weighted by Gasteiger charge is 2.21. The van der Waals surface area contributed by atoms with Crippen molar-refractivity contribution in [3.05, 3.63) is 0 Å². The summed E-state index contributed by atoms with van der Waals surface area (Å²) < 4.78 is 0. The van der Waals surface area contributed by atoms with Crippen LogP contribution in [0.1, 0.15) is 12.8 Å². The van der Waals surface area contributed by atoms with Crippen molar-refractivity contribution in [1.82, 2.24) is 10.2 Å². The predicted molar refractivity (Wildman–Crippen MR) is 63.5 cm³/mol. The Kier molecular flexibility index (Phi) is 7.67. The molecule has 0 heterocycles. The van der Waals surface area contributed by atoms with Crippen molar-refractivity contribution in [3.8, 4) is 0 Å². The Bertz CT molecular complexity index is 383. The van der Waals surface area contributed by atoms with Gasteiger partial charge in [-0.15, -0.1) is 0 Å². The van der Waals surface area contributed by atoms with E-state index in [0.29, 0.717) is 0 Å². The van der Waals surface area contributed by atoms with Gasteiger partial charge in [-0.05, 0) is 0 Å². The lowest BCUT2D eigenvalue weighted by Crippen LogP contribution is -2.44. The molecule has 0 spiro atoms. The van der Waals surface area contributed by atoms with Crippen LogP contribution in [-0.4, -0.2) is 75.0 Å². The second-order valence-electron chi connectivity index (χ2n) is 3.86. The van der Waals surface area contributed by atoms with Crippen LogP contribution in [0.3, 0.4) is 0 Å². The minimum atomic E-state index is -1.36. The molecule has 10 nitrogen and oxygen atoms in total. The molecule has 0 aromatic heterocycles. The Morgan fingerprint density at radius 1 is 0.950 bits per heavy atom. The molecule has 20 heavy (non-hydrogen) atoms. The van der Waals surface area contributed by atoms with Gasteiger partial charge in [-0.2, -0.15) is 0 Å². The molecule has 5 N–H and O–H groups in total. The van der Waals surface area contributed by atoms with Crippen molar-refractivity contribution in [1.29, 1.82) is 0 Å². The largest absolute Gasteiger partial charge is 0.481 e. The second-order valence-corrected chi connectivity index (χ2v) is 3.86. The molecule has 0 aromatic carbocycles. The van der Waals surface area contributed by atoms with Crippen LogP contribution < -0.4 is 5.32 Å². The standard InChI is InChI=1S/C10H16N2O8/c13-7(14)1-3-12(10(19)20)4-2-11-6(9(17)18)5-8(15)16/h6,11H,1-5H2,(H,13,14)(H,15,16)(H,17,18)(H,19,20). The zero-order valence-electron chi connectivity index (χ0n) is 10.5. The SMILES string of the molecule is O=C(O)CCN(CCNC(CC(=O)O)C(=O)O)C(=O)O. The van der Waals surface area contributed by atoms with Crippen molar-refractivity contribution < 1.29 is 39.6 Å². The predicted octanol–water partition coefficient (Wildman–Crippen LogP) is -1.04. The number of hydrogen-bond acceptors (Lipinski definition) is 5. The number of rotatable bonds is 10. The molecular formula is C10H16N2O8. The number of carboxylic acid groups (broad SMARTS) is 4. The average Bonchev–Trinajstić information content (AvgIpc) is 2.30. The van der Waals surface area contributed by atoms with E-state index in [1.807, 2.05) is 0 Å². The maximum atomic E-state index is 10.8. The van der Waals surface area contributed by atoms with Gasteiger partial charge in [0.15, 0.2) is 0 Å². The number of hydrogen-bond donors (Lipinski definition) is 5. The van der Waals surface area contributed by atoms with Crippen LogP contribution in [0.15, 0.2) is 0 Å². The zero-order valence-corrected chi connectivity index (χ0v) is 10.5. The summed E-state index contributed by atoms with van der Waals surface area (Å²) in [6.45, 7) is -0.481. The Morgan fingerprint density at radius 3 is 1.95 bits per heavy atom. The molecule has 0 radical (unpaired) electrons. The van der Waals surface area contributed by atoms with Gasteiger partial charge in [-0.25, -0.2) is 4.79 Å². The number of carbonyl (C=O) groups is 4. The van der Waals surface area contributed by atoms with E-state index in [9.17, 15) is 19.2 Å². The van der Waals surface area contributed by atoms with Gasteiger partial charge in [0, 0.05) is 19.6 Å². The van der Waals surface area contributed by atoms with E-state index in [-0.39, 0.29) is 26.1 Å². The van der Waals surface area contributed by atoms with Gasteiger partial charge >= 0.3 is 24.0 Å². The van der Waals surface area contributed by atoms with E-state index in [1.54, 1.807) is 0 Å². The van der Waals surface area contributed by atoms with Crippen molar-refractivity contribution in [2.24, 2.45) is 0 Å². The summed E-state index contributed by atoms with van der Waals surface area (Å²) in [6.07, 6.45) is -2.35. The zero-order chi connectivity index (χ0) is 15.7. The minimum absolute atomic E-state index is 0.101. The first-order valence-corrected chi connectivity index (χ1v) is 5.61. The summed E-state index contributed by atoms with van der Waals surface area (Å²) in [5.41, 5.74) is 0. The fourth-order valence-corrected chi connectivity index (χ4v) is 1.33. The van der Waals surface area contributed by atoms with E-state index < -0.39 is 36.5 Å². The van der Waals surface area contributed by atoms with Crippen LogP contribution in [0.25, 0.3) is 0 Å². The van der Waals surface area contributed by atoms with Gasteiger partial charge in [-0.1, -0.05) is 0 Å². The van der Waals surface area contributed by atoms with Gasteiger partial charge in [-0.3, -0.25) is 14.4 Å². The number of nitrogens with zero attached hydrogens (tertiary/aromatic N) is 1. The molecule has 0 aliphatic heterocycles. The van der Waals surface area contributed by atoms with Crippen LogP contribution in [0.4, 0.5) is 4.79 Å². The third kappa shape index (κ3) is 7.87. The number of carboxylic acids is 3. The Hall–Kier alpha value is -2.36. The lowest BCUT2D eigenvalue weighted by molar-refractivity contribution is -0.145. The highest BCUT2D eigenvalue weighted by molar-refractivity contribution is 5.80. The van der Waals surface area contributed by atoms with Crippen molar-refractivity contribution in [3.63, 3.8) is 0 Å². The molecule has 0 aliphatic carbocycles. The summed E-state index contributed by atoms with van der Waals surface area (Å²) in [7, 11) is 0. The molecule has 0 aliphatic rings. The molecule has 0 rings (SSSR count). The summed E-state index contributed by atoms with van der Waals surface area (Å²) in [5.74, 6) is -3.82. The van der Waals surface area contributed by atoms with Gasteiger partial charge in [0.25, 0.3) is 0 Å². The maximum Gasteiger partial charge on any atom is 0.407 e. The highest BCUT2D eigenvalue weighted by Crippen LogP contribution is 1.95. The Labute approximate surface area is 113 Å². The molecule has 0 aromatic rings. The van der Waals surface area contributed by atoms with Gasteiger partial charge in [0.05, 0.1) is 12.8 Å². The fourth-order valence-electron chi connectivity index (χ4n) is 1.33. The van der Waals surface area contributed by atoms with E-state index in [1.165, 1.54) is 0 Å². The Balaban J connectivity index is 4.26. The quantitative estimate of drug-likeness (QED) is 0.338. The third-order valence-corrected chi connectivity index (χ3v) is 2.32. The van der Waals surface area contributed by atoms with Crippen molar-refractivity contribution in [2.75, 3.05) is 19.6 Å². The lowest BCUT2D eigenvalue weighted by atomic mass is 10.2. The number of aliphatic carboxylic acids is 3. The molecule has 0 saturated carbocycles. The van der Waals surface area contributed by atoms with Crippen LogP contribution in [0.2, 0.25) is 0 Å². The molecule has 1 unspecified atom stereocenters. The smallest absolute Gasteiger partial charge is 0.407 e. The molecule has 0 bridgehead atoms. The number of amides is 1. The summed E-state index contributed by atoms with van der Waals surface area (Å²) >= 11 is 0. The first kappa shape index (κ1) is 17.6. The lowest BCUT2D eigenvalue weighted by Gasteiger charge is -2.20. The monoisotopic (exact) mass is 292 g/mol. The maximum absolute atomic E-state index is 10.8. The van der Waals surface area contributed by atoms with E-state index in [0.717, 1.165) is 4.90 Å². The molecule has 0 saturated heterocycles. The van der Waals surface area contributed by atoms with Gasteiger partial charge < -0.3 is 30.6 Å². The van der Waals surface area contributed by atoms with Crippen LogP contribution >= 0.6 is 0 Å². The van der Waals surface area contributed by atoms with E-state index in [2.05, 4.69) is 5.32 Å². The molecular weight excluding hydrogens is 276 g/mol. The molecule has 1 atom stereocenters. The van der Waals surface area contributed by atoms with Crippen molar-refractivity contribution >= 4 is 24.0 Å². The van der Waals surface area contributed by atoms with Crippen LogP contribution in [0, 0.1) is 0 Å². The van der Waals surface area contributed by atoms with Crippen LogP contribution in [-0.2, 0) is 14.4 Å². The molecule has 10 heteroatoms. The summed E-state index contributed by atoms with van der Waals surface area (Å²) in [4.78, 5) is 43.1. The third-order valence-electron chi connectivity index (χ3n) is 2.32.